The van der Waals surface area contributed by atoms with Gasteiger partial charge < -0.3 is 9.73 Å². The van der Waals surface area contributed by atoms with E-state index in [0.717, 1.165) is 23.2 Å². The van der Waals surface area contributed by atoms with Crippen LogP contribution in [0.2, 0.25) is 0 Å². The second kappa shape index (κ2) is 9.21. The first kappa shape index (κ1) is 19.0. The van der Waals surface area contributed by atoms with E-state index in [9.17, 15) is 9.59 Å². The van der Waals surface area contributed by atoms with Gasteiger partial charge in [0, 0.05) is 17.8 Å². The van der Waals surface area contributed by atoms with Crippen LogP contribution < -0.4 is 11.1 Å². The number of nitrogens with zero attached hydrogens (tertiary/aromatic N) is 1. The van der Waals surface area contributed by atoms with Crippen LogP contribution >= 0.6 is 0 Å². The molecule has 2 aromatic carbocycles. The van der Waals surface area contributed by atoms with Crippen LogP contribution in [-0.4, -0.2) is 17.0 Å². The number of hydrogen-bond acceptors (Lipinski definition) is 4. The van der Waals surface area contributed by atoms with Gasteiger partial charge in [0.05, 0.1) is 5.52 Å². The molecule has 3 rings (SSSR count). The van der Waals surface area contributed by atoms with E-state index in [4.69, 9.17) is 4.42 Å². The van der Waals surface area contributed by atoms with Gasteiger partial charge in [0.2, 0.25) is 0 Å². The summed E-state index contributed by atoms with van der Waals surface area (Å²) in [6.07, 6.45) is 7.56. The lowest BCUT2D eigenvalue weighted by Gasteiger charge is -2.07. The van der Waals surface area contributed by atoms with Crippen molar-refractivity contribution < 1.29 is 9.21 Å². The Morgan fingerprint density at radius 3 is 2.44 bits per heavy atom. The van der Waals surface area contributed by atoms with Crippen molar-refractivity contribution in [3.63, 3.8) is 0 Å². The summed E-state index contributed by atoms with van der Waals surface area (Å²) >= 11 is 0. The lowest BCUT2D eigenvalue weighted by Crippen LogP contribution is -2.23. The maximum Gasteiger partial charge on any atom is 0.427 e. The topological polar surface area (TPSA) is 64.2 Å². The summed E-state index contributed by atoms with van der Waals surface area (Å²) in [5.74, 6) is -1.04. The number of benzene rings is 2. The molecule has 5 nitrogen and oxygen atoms in total. The molecule has 1 aromatic heterocycles. The van der Waals surface area contributed by atoms with Crippen LogP contribution in [0.4, 0.5) is 5.69 Å². The second-order valence-electron chi connectivity index (χ2n) is 6.75. The molecule has 0 radical (unpaired) electrons. The predicted octanol–water partition coefficient (Wildman–Crippen LogP) is 5.06. The largest absolute Gasteiger partial charge is 0.427 e. The van der Waals surface area contributed by atoms with E-state index in [1.54, 1.807) is 36.4 Å². The predicted molar refractivity (Wildman–Crippen MR) is 109 cm³/mol. The number of rotatable bonds is 9. The summed E-state index contributed by atoms with van der Waals surface area (Å²) in [7, 11) is 0. The van der Waals surface area contributed by atoms with E-state index in [0.29, 0.717) is 16.7 Å². The molecule has 0 bridgehead atoms. The number of carbonyl (C=O) groups excluding carboxylic acids is 1. The van der Waals surface area contributed by atoms with E-state index in [2.05, 4.69) is 12.2 Å². The van der Waals surface area contributed by atoms with E-state index >= 15 is 0 Å². The molecule has 0 saturated heterocycles. The smallest absolute Gasteiger partial charge is 0.407 e. The average molecular weight is 366 g/mol. The Bertz CT molecular complexity index is 938. The van der Waals surface area contributed by atoms with Gasteiger partial charge in [-0.05, 0) is 42.8 Å². The molecule has 0 atom stereocenters. The molecule has 0 amide bonds. The molecule has 0 saturated carbocycles. The van der Waals surface area contributed by atoms with Gasteiger partial charge in [-0.25, -0.2) is 9.36 Å². The summed E-state index contributed by atoms with van der Waals surface area (Å²) in [4.78, 5) is 24.8. The highest BCUT2D eigenvalue weighted by Gasteiger charge is 2.17. The summed E-state index contributed by atoms with van der Waals surface area (Å²) in [5.41, 5.74) is 2.32. The van der Waals surface area contributed by atoms with Gasteiger partial charge >= 0.3 is 5.76 Å². The fourth-order valence-electron chi connectivity index (χ4n) is 3.16. The third kappa shape index (κ3) is 4.67. The van der Waals surface area contributed by atoms with Crippen LogP contribution in [0.15, 0.2) is 57.7 Å². The highest BCUT2D eigenvalue weighted by molar-refractivity contribution is 6.00. The van der Waals surface area contributed by atoms with Gasteiger partial charge in [-0.1, -0.05) is 51.2 Å². The normalized spacial score (nSPS) is 11.0. The van der Waals surface area contributed by atoms with Crippen molar-refractivity contribution >= 4 is 22.7 Å². The zero-order chi connectivity index (χ0) is 19.1. The molecule has 3 aromatic rings. The first-order valence-electron chi connectivity index (χ1n) is 9.70. The Morgan fingerprint density at radius 1 is 0.963 bits per heavy atom. The minimum atomic E-state index is -0.661. The first-order chi connectivity index (χ1) is 13.2. The number of anilines is 1. The summed E-state index contributed by atoms with van der Waals surface area (Å²) < 4.78 is 6.22. The Kier molecular flexibility index (Phi) is 6.47. The van der Waals surface area contributed by atoms with E-state index in [1.807, 2.05) is 12.1 Å². The van der Waals surface area contributed by atoms with Crippen LogP contribution in [0, 0.1) is 0 Å². The van der Waals surface area contributed by atoms with Crippen LogP contribution in [0.3, 0.4) is 0 Å². The SMILES string of the molecule is CCCCCCCCNc1ccc(C(=O)n2c(=O)oc3ccccc32)cc1. The van der Waals surface area contributed by atoms with E-state index in [1.165, 1.54) is 32.1 Å². The third-order valence-corrected chi connectivity index (χ3v) is 4.68. The number of oxazole rings is 1. The molecule has 1 heterocycles. The molecule has 0 aliphatic heterocycles. The molecular formula is C22H26N2O3. The summed E-state index contributed by atoms with van der Waals surface area (Å²) in [5, 5.41) is 3.38. The van der Waals surface area contributed by atoms with Crippen molar-refractivity contribution in [2.75, 3.05) is 11.9 Å². The van der Waals surface area contributed by atoms with E-state index in [-0.39, 0.29) is 5.91 Å². The Labute approximate surface area is 159 Å². The highest BCUT2D eigenvalue weighted by Crippen LogP contribution is 2.16. The lowest BCUT2D eigenvalue weighted by molar-refractivity contribution is 0.0956. The van der Waals surface area contributed by atoms with Gasteiger partial charge in [0.1, 0.15) is 0 Å². The first-order valence-corrected chi connectivity index (χ1v) is 9.70. The second-order valence-corrected chi connectivity index (χ2v) is 6.75. The number of unbranched alkanes of at least 4 members (excludes halogenated alkanes) is 5. The van der Waals surface area contributed by atoms with Crippen molar-refractivity contribution in [2.45, 2.75) is 45.4 Å². The Hall–Kier alpha value is -2.82. The van der Waals surface area contributed by atoms with Gasteiger partial charge in [-0.3, -0.25) is 4.79 Å². The number of aromatic nitrogens is 1. The van der Waals surface area contributed by atoms with Crippen molar-refractivity contribution in [1.29, 1.82) is 0 Å². The standard InChI is InChI=1S/C22H26N2O3/c1-2-3-4-5-6-9-16-23-18-14-12-17(13-15-18)21(25)24-19-10-7-8-11-20(19)27-22(24)26/h7-8,10-15,23H,2-6,9,16H2,1H3. The van der Waals surface area contributed by atoms with Gasteiger partial charge in [-0.2, -0.15) is 0 Å². The average Bonchev–Trinajstić information content (AvgIpc) is 3.03. The fraction of sp³-hybridized carbons (Fsp3) is 0.364. The van der Waals surface area contributed by atoms with Gasteiger partial charge in [0.25, 0.3) is 5.91 Å². The molecule has 0 fully saturated rings. The fourth-order valence-corrected chi connectivity index (χ4v) is 3.16. The Balaban J connectivity index is 1.59. The van der Waals surface area contributed by atoms with Crippen LogP contribution in [0.1, 0.15) is 55.8 Å². The summed E-state index contributed by atoms with van der Waals surface area (Å²) in [6, 6.07) is 14.1. The molecule has 5 heteroatoms. The third-order valence-electron chi connectivity index (χ3n) is 4.68. The van der Waals surface area contributed by atoms with Crippen molar-refractivity contribution in [1.82, 2.24) is 4.57 Å². The molecular weight excluding hydrogens is 340 g/mol. The highest BCUT2D eigenvalue weighted by atomic mass is 16.4. The van der Waals surface area contributed by atoms with Crippen molar-refractivity contribution in [3.05, 3.63) is 64.6 Å². The van der Waals surface area contributed by atoms with Crippen LogP contribution in [0.5, 0.6) is 0 Å². The minimum absolute atomic E-state index is 0.382. The maximum atomic E-state index is 12.7. The number of carbonyl (C=O) groups is 1. The lowest BCUT2D eigenvalue weighted by atomic mass is 10.1. The van der Waals surface area contributed by atoms with Crippen molar-refractivity contribution in [2.24, 2.45) is 0 Å². The molecule has 142 valence electrons. The number of fused-ring (bicyclic) bond motifs is 1. The summed E-state index contributed by atoms with van der Waals surface area (Å²) in [6.45, 7) is 3.15. The molecule has 0 spiro atoms. The molecule has 1 N–H and O–H groups in total. The molecule has 0 unspecified atom stereocenters. The Morgan fingerprint density at radius 2 is 1.67 bits per heavy atom. The van der Waals surface area contributed by atoms with Crippen LogP contribution in [0.25, 0.3) is 11.1 Å². The van der Waals surface area contributed by atoms with E-state index < -0.39 is 5.76 Å². The van der Waals surface area contributed by atoms with Gasteiger partial charge in [0.15, 0.2) is 5.58 Å². The zero-order valence-corrected chi connectivity index (χ0v) is 15.7. The quantitative estimate of drug-likeness (QED) is 0.538. The molecule has 27 heavy (non-hydrogen) atoms. The van der Waals surface area contributed by atoms with Crippen LogP contribution in [-0.2, 0) is 0 Å². The number of nitrogens with one attached hydrogen (secondary N) is 1. The maximum absolute atomic E-state index is 12.7. The molecule has 0 aliphatic rings. The van der Waals surface area contributed by atoms with Crippen molar-refractivity contribution in [3.8, 4) is 0 Å². The zero-order valence-electron chi connectivity index (χ0n) is 15.7. The molecule has 0 aliphatic carbocycles. The monoisotopic (exact) mass is 366 g/mol. The van der Waals surface area contributed by atoms with Gasteiger partial charge in [-0.15, -0.1) is 0 Å². The number of hydrogen-bond donors (Lipinski definition) is 1. The minimum Gasteiger partial charge on any atom is -0.407 e. The number of para-hydroxylation sites is 2.